The number of aryl methyl sites for hydroxylation is 3. The molecule has 1 N–H and O–H groups in total. The van der Waals surface area contributed by atoms with Crippen LogP contribution in [0.5, 0.6) is 5.75 Å². The van der Waals surface area contributed by atoms with Crippen LogP contribution in [0.25, 0.3) is 17.1 Å². The summed E-state index contributed by atoms with van der Waals surface area (Å²) in [7, 11) is 0. The maximum Gasteiger partial charge on any atom is 0.277 e. The van der Waals surface area contributed by atoms with Gasteiger partial charge in [-0.1, -0.05) is 11.6 Å². The lowest BCUT2D eigenvalue weighted by Crippen LogP contribution is -2.23. The molecule has 4 rings (SSSR count). The van der Waals surface area contributed by atoms with Crippen LogP contribution in [0, 0.1) is 26.6 Å². The number of aliphatic hydroxyl groups is 1. The van der Waals surface area contributed by atoms with Gasteiger partial charge >= 0.3 is 0 Å². The van der Waals surface area contributed by atoms with Gasteiger partial charge in [0, 0.05) is 30.4 Å². The van der Waals surface area contributed by atoms with Crippen molar-refractivity contribution >= 4 is 11.6 Å². The predicted molar refractivity (Wildman–Crippen MR) is 134 cm³/mol. The van der Waals surface area contributed by atoms with Crippen LogP contribution in [-0.4, -0.2) is 29.6 Å². The maximum atomic E-state index is 13.9. The molecule has 36 heavy (non-hydrogen) atoms. The summed E-state index contributed by atoms with van der Waals surface area (Å²) < 4.78 is 21.0. The number of halogens is 2. The van der Waals surface area contributed by atoms with Crippen LogP contribution < -0.4 is 10.3 Å². The first-order valence-corrected chi connectivity index (χ1v) is 11.5. The Morgan fingerprint density at radius 3 is 2.53 bits per heavy atom. The third kappa shape index (κ3) is 4.98. The number of ether oxygens (including phenoxy) is 1. The van der Waals surface area contributed by atoms with E-state index in [2.05, 4.69) is 19.9 Å². The predicted octanol–water partition coefficient (Wildman–Crippen LogP) is 4.61. The Labute approximate surface area is 212 Å². The highest BCUT2D eigenvalue weighted by atomic mass is 35.5. The average Bonchev–Trinajstić information content (AvgIpc) is 2.82. The molecule has 10 heteroatoms. The maximum absolute atomic E-state index is 13.9. The molecule has 0 spiro atoms. The Morgan fingerprint density at radius 2 is 1.83 bits per heavy atom. The highest BCUT2D eigenvalue weighted by Gasteiger charge is 2.22. The first kappa shape index (κ1) is 25.4. The molecule has 4 aromatic heterocycles. The Hall–Kier alpha value is -3.69. The zero-order valence-corrected chi connectivity index (χ0v) is 21.3. The number of hydrogen-bond acceptors (Lipinski definition) is 7. The number of pyridine rings is 3. The Kier molecular flexibility index (Phi) is 6.88. The molecule has 0 amide bonds. The van der Waals surface area contributed by atoms with E-state index in [1.165, 1.54) is 22.9 Å². The molecule has 0 saturated heterocycles. The van der Waals surface area contributed by atoms with E-state index in [0.717, 1.165) is 11.1 Å². The lowest BCUT2D eigenvalue weighted by molar-refractivity contribution is 0.0688. The standard InChI is InChI=1S/C26H25ClFN5O3/c1-14-11-30-18(23-15(2)12-31-25(32-23)26(4,5)35)10-20(14)33-16(3)9-21(22(27)24(33)34)36-13-19-17(28)7-6-8-29-19/h6-12,35H,13H2,1-5H3. The number of rotatable bonds is 6. The minimum absolute atomic E-state index is 0.107. The van der Waals surface area contributed by atoms with Crippen LogP contribution in [0.3, 0.4) is 0 Å². The molecule has 0 bridgehead atoms. The van der Waals surface area contributed by atoms with E-state index in [0.29, 0.717) is 22.8 Å². The fraction of sp³-hybridized carbons (Fsp3) is 0.269. The number of hydrogen-bond donors (Lipinski definition) is 1. The number of nitrogens with zero attached hydrogens (tertiary/aromatic N) is 5. The van der Waals surface area contributed by atoms with Crippen LogP contribution in [0.4, 0.5) is 4.39 Å². The quantitative estimate of drug-likeness (QED) is 0.405. The van der Waals surface area contributed by atoms with Gasteiger partial charge in [0.15, 0.2) is 5.82 Å². The minimum atomic E-state index is -1.23. The zero-order valence-electron chi connectivity index (χ0n) is 20.5. The van der Waals surface area contributed by atoms with E-state index >= 15 is 0 Å². The topological polar surface area (TPSA) is 103 Å². The van der Waals surface area contributed by atoms with Gasteiger partial charge < -0.3 is 9.84 Å². The average molecular weight is 510 g/mol. The van der Waals surface area contributed by atoms with E-state index in [1.54, 1.807) is 45.3 Å². The van der Waals surface area contributed by atoms with Crippen molar-refractivity contribution < 1.29 is 14.2 Å². The minimum Gasteiger partial charge on any atom is -0.485 e. The van der Waals surface area contributed by atoms with Crippen molar-refractivity contribution in [2.75, 3.05) is 0 Å². The molecular formula is C26H25ClFN5O3. The molecule has 8 nitrogen and oxygen atoms in total. The molecule has 0 unspecified atom stereocenters. The van der Waals surface area contributed by atoms with Crippen molar-refractivity contribution in [1.82, 2.24) is 24.5 Å². The monoisotopic (exact) mass is 509 g/mol. The van der Waals surface area contributed by atoms with E-state index < -0.39 is 17.0 Å². The molecule has 4 aromatic rings. The van der Waals surface area contributed by atoms with Gasteiger partial charge in [-0.05, 0) is 63.9 Å². The molecule has 0 saturated carbocycles. The molecule has 0 aliphatic rings. The van der Waals surface area contributed by atoms with Crippen LogP contribution in [0.1, 0.15) is 42.2 Å². The number of aromatic nitrogens is 5. The van der Waals surface area contributed by atoms with Crippen LogP contribution in [-0.2, 0) is 12.2 Å². The zero-order chi connectivity index (χ0) is 26.2. The summed E-state index contributed by atoms with van der Waals surface area (Å²) in [4.78, 5) is 30.5. The van der Waals surface area contributed by atoms with Crippen LogP contribution in [0.2, 0.25) is 5.02 Å². The van der Waals surface area contributed by atoms with Crippen LogP contribution >= 0.6 is 11.6 Å². The summed E-state index contributed by atoms with van der Waals surface area (Å²) in [5.74, 6) is -0.116. The molecule has 0 fully saturated rings. The molecule has 4 heterocycles. The SMILES string of the molecule is Cc1cnc(-c2nc(C(C)(C)O)ncc2C)cc1-n1c(C)cc(OCc2ncccc2F)c(Cl)c1=O. The summed E-state index contributed by atoms with van der Waals surface area (Å²) in [6, 6.07) is 6.13. The van der Waals surface area contributed by atoms with Crippen molar-refractivity contribution in [2.24, 2.45) is 0 Å². The van der Waals surface area contributed by atoms with Gasteiger partial charge in [-0.25, -0.2) is 14.4 Å². The fourth-order valence-electron chi connectivity index (χ4n) is 3.64. The summed E-state index contributed by atoms with van der Waals surface area (Å²) in [6.45, 7) is 8.45. The van der Waals surface area contributed by atoms with Crippen molar-refractivity contribution in [3.05, 3.63) is 92.4 Å². The second-order valence-corrected chi connectivity index (χ2v) is 9.34. The largest absolute Gasteiger partial charge is 0.485 e. The third-order valence-corrected chi connectivity index (χ3v) is 5.92. The van der Waals surface area contributed by atoms with Crippen LogP contribution in [0.15, 0.2) is 47.7 Å². The van der Waals surface area contributed by atoms with Gasteiger partial charge in [0.1, 0.15) is 34.5 Å². The molecule has 0 aromatic carbocycles. The lowest BCUT2D eigenvalue weighted by atomic mass is 10.1. The molecule has 0 aliphatic carbocycles. The highest BCUT2D eigenvalue weighted by Crippen LogP contribution is 2.28. The summed E-state index contributed by atoms with van der Waals surface area (Å²) in [5, 5.41) is 10.2. The summed E-state index contributed by atoms with van der Waals surface area (Å²) >= 11 is 6.40. The molecular weight excluding hydrogens is 485 g/mol. The smallest absolute Gasteiger partial charge is 0.277 e. The van der Waals surface area contributed by atoms with Gasteiger partial charge in [-0.15, -0.1) is 0 Å². The van der Waals surface area contributed by atoms with Crippen molar-refractivity contribution in [3.63, 3.8) is 0 Å². The Bertz CT molecular complexity index is 1510. The molecule has 0 atom stereocenters. The second kappa shape index (κ2) is 9.75. The molecule has 186 valence electrons. The molecule has 0 aliphatic heterocycles. The van der Waals surface area contributed by atoms with Gasteiger partial charge in [0.05, 0.1) is 17.1 Å². The first-order valence-electron chi connectivity index (χ1n) is 11.2. The second-order valence-electron chi connectivity index (χ2n) is 8.97. The van der Waals surface area contributed by atoms with Crippen molar-refractivity contribution in [2.45, 2.75) is 46.8 Å². The summed E-state index contributed by atoms with van der Waals surface area (Å²) in [6.07, 6.45) is 4.73. The summed E-state index contributed by atoms with van der Waals surface area (Å²) in [5.41, 5.74) is 2.04. The Balaban J connectivity index is 1.76. The third-order valence-electron chi connectivity index (χ3n) is 5.58. The van der Waals surface area contributed by atoms with E-state index in [4.69, 9.17) is 16.3 Å². The van der Waals surface area contributed by atoms with E-state index in [-0.39, 0.29) is 28.9 Å². The van der Waals surface area contributed by atoms with E-state index in [9.17, 15) is 14.3 Å². The lowest BCUT2D eigenvalue weighted by Gasteiger charge is -2.18. The van der Waals surface area contributed by atoms with Gasteiger partial charge in [-0.2, -0.15) is 0 Å². The van der Waals surface area contributed by atoms with Gasteiger partial charge in [0.2, 0.25) is 0 Å². The highest BCUT2D eigenvalue weighted by molar-refractivity contribution is 6.31. The van der Waals surface area contributed by atoms with Crippen molar-refractivity contribution in [1.29, 1.82) is 0 Å². The Morgan fingerprint density at radius 1 is 1.11 bits per heavy atom. The van der Waals surface area contributed by atoms with Gasteiger partial charge in [-0.3, -0.25) is 19.3 Å². The normalized spacial score (nSPS) is 11.6. The molecule has 0 radical (unpaired) electrons. The van der Waals surface area contributed by atoms with E-state index in [1.807, 2.05) is 13.8 Å². The first-order chi connectivity index (χ1) is 17.0. The fourth-order valence-corrected chi connectivity index (χ4v) is 3.83. The van der Waals surface area contributed by atoms with Crippen molar-refractivity contribution in [3.8, 4) is 22.8 Å². The van der Waals surface area contributed by atoms with Gasteiger partial charge in [0.25, 0.3) is 5.56 Å².